The topological polar surface area (TPSA) is 27.0 Å². The van der Waals surface area contributed by atoms with E-state index in [-0.39, 0.29) is 6.04 Å². The molecule has 1 radical (unpaired) electrons. The highest BCUT2D eigenvalue weighted by Crippen LogP contribution is 2.35. The van der Waals surface area contributed by atoms with E-state index in [0.717, 1.165) is 28.9 Å². The van der Waals surface area contributed by atoms with Gasteiger partial charge in [0.2, 0.25) is 0 Å². The lowest BCUT2D eigenvalue weighted by atomic mass is 10.0. The van der Waals surface area contributed by atoms with Crippen LogP contribution in [0, 0.1) is 0 Å². The smallest absolute Gasteiger partial charge is 0.0967 e. The van der Waals surface area contributed by atoms with Crippen molar-refractivity contribution in [1.29, 1.82) is 0 Å². The standard InChI is InChI=1S/C19H13Cl2N2/c20-15-6-5-12(9-16(15)21)13-7-8-22-18(10-13)19-11-14-3-1-2-4-17(14)23-19/h1-10,19H,11H2. The normalized spacial score (nSPS) is 16.0. The van der Waals surface area contributed by atoms with E-state index in [4.69, 9.17) is 28.5 Å². The maximum absolute atomic E-state index is 6.13. The number of fused-ring (bicyclic) bond motifs is 1. The molecule has 0 spiro atoms. The summed E-state index contributed by atoms with van der Waals surface area (Å²) in [5.41, 5.74) is 5.42. The number of rotatable bonds is 2. The maximum Gasteiger partial charge on any atom is 0.0967 e. The molecule has 113 valence electrons. The number of hydrogen-bond acceptors (Lipinski definition) is 1. The molecule has 0 fully saturated rings. The third-order valence-electron chi connectivity index (χ3n) is 4.08. The minimum atomic E-state index is 0.0788. The zero-order chi connectivity index (χ0) is 15.8. The van der Waals surface area contributed by atoms with Crippen molar-refractivity contribution >= 4 is 28.9 Å². The Morgan fingerprint density at radius 2 is 1.70 bits per heavy atom. The van der Waals surface area contributed by atoms with Crippen molar-refractivity contribution in [3.63, 3.8) is 0 Å². The summed E-state index contributed by atoms with van der Waals surface area (Å²) in [4.78, 5) is 4.52. The first-order valence-electron chi connectivity index (χ1n) is 7.41. The number of aromatic nitrogens is 1. The molecule has 0 saturated heterocycles. The van der Waals surface area contributed by atoms with Gasteiger partial charge in [-0.3, -0.25) is 10.3 Å². The molecule has 1 unspecified atom stereocenters. The van der Waals surface area contributed by atoms with Crippen molar-refractivity contribution in [3.8, 4) is 11.1 Å². The molecule has 3 aromatic rings. The third kappa shape index (κ3) is 2.80. The number of hydrogen-bond donors (Lipinski definition) is 0. The van der Waals surface area contributed by atoms with Crippen molar-refractivity contribution in [3.05, 3.63) is 82.1 Å². The summed E-state index contributed by atoms with van der Waals surface area (Å²) >= 11 is 12.1. The number of nitrogens with zero attached hydrogens (tertiary/aromatic N) is 2. The number of halogens is 2. The van der Waals surface area contributed by atoms with Crippen molar-refractivity contribution in [1.82, 2.24) is 10.3 Å². The van der Waals surface area contributed by atoms with Gasteiger partial charge in [0.25, 0.3) is 0 Å². The molecule has 0 amide bonds. The molecule has 2 heterocycles. The molecule has 1 atom stereocenters. The van der Waals surface area contributed by atoms with Gasteiger partial charge in [-0.2, -0.15) is 0 Å². The lowest BCUT2D eigenvalue weighted by Gasteiger charge is -2.10. The molecule has 1 aliphatic heterocycles. The van der Waals surface area contributed by atoms with Gasteiger partial charge in [-0.05, 0) is 47.0 Å². The summed E-state index contributed by atoms with van der Waals surface area (Å²) in [7, 11) is 0. The Morgan fingerprint density at radius 1 is 0.870 bits per heavy atom. The van der Waals surface area contributed by atoms with Crippen molar-refractivity contribution in [2.75, 3.05) is 0 Å². The zero-order valence-electron chi connectivity index (χ0n) is 12.2. The minimum absolute atomic E-state index is 0.0788. The lowest BCUT2D eigenvalue weighted by Crippen LogP contribution is -2.07. The van der Waals surface area contributed by atoms with E-state index in [9.17, 15) is 0 Å². The van der Waals surface area contributed by atoms with Gasteiger partial charge >= 0.3 is 0 Å². The van der Waals surface area contributed by atoms with Gasteiger partial charge < -0.3 is 0 Å². The highest BCUT2D eigenvalue weighted by atomic mass is 35.5. The summed E-state index contributed by atoms with van der Waals surface area (Å²) in [6, 6.07) is 18.0. The van der Waals surface area contributed by atoms with Gasteiger partial charge in [-0.25, -0.2) is 0 Å². The molecule has 0 bridgehead atoms. The van der Waals surface area contributed by atoms with Crippen LogP contribution in [-0.4, -0.2) is 4.98 Å². The van der Waals surface area contributed by atoms with Gasteiger partial charge in [-0.15, -0.1) is 0 Å². The van der Waals surface area contributed by atoms with Crippen LogP contribution in [0.3, 0.4) is 0 Å². The summed E-state index contributed by atoms with van der Waals surface area (Å²) in [5.74, 6) is 0. The largest absolute Gasteiger partial charge is 0.275 e. The monoisotopic (exact) mass is 339 g/mol. The van der Waals surface area contributed by atoms with Crippen LogP contribution in [0.1, 0.15) is 17.3 Å². The molecular weight excluding hydrogens is 327 g/mol. The predicted molar refractivity (Wildman–Crippen MR) is 94.4 cm³/mol. The van der Waals surface area contributed by atoms with Crippen LogP contribution in [0.15, 0.2) is 60.8 Å². The lowest BCUT2D eigenvalue weighted by molar-refractivity contribution is 0.645. The Kier molecular flexibility index (Phi) is 3.72. The summed E-state index contributed by atoms with van der Waals surface area (Å²) < 4.78 is 0. The average Bonchev–Trinajstić information content (AvgIpc) is 3.02. The van der Waals surface area contributed by atoms with Crippen molar-refractivity contribution in [2.45, 2.75) is 12.5 Å². The fourth-order valence-electron chi connectivity index (χ4n) is 2.89. The zero-order valence-corrected chi connectivity index (χ0v) is 13.7. The molecule has 2 nitrogen and oxygen atoms in total. The average molecular weight is 340 g/mol. The first kappa shape index (κ1) is 14.6. The van der Waals surface area contributed by atoms with Crippen LogP contribution in [-0.2, 0) is 6.42 Å². The van der Waals surface area contributed by atoms with E-state index in [1.54, 1.807) is 0 Å². The Hall–Kier alpha value is -2.03. The van der Waals surface area contributed by atoms with E-state index < -0.39 is 0 Å². The third-order valence-corrected chi connectivity index (χ3v) is 4.81. The summed E-state index contributed by atoms with van der Waals surface area (Å²) in [6.45, 7) is 0. The maximum atomic E-state index is 6.13. The molecule has 23 heavy (non-hydrogen) atoms. The Morgan fingerprint density at radius 3 is 2.52 bits per heavy atom. The van der Waals surface area contributed by atoms with E-state index >= 15 is 0 Å². The van der Waals surface area contributed by atoms with Crippen molar-refractivity contribution < 1.29 is 0 Å². The molecule has 1 aliphatic rings. The molecule has 4 heteroatoms. The second kappa shape index (κ2) is 5.88. The number of benzene rings is 2. The van der Waals surface area contributed by atoms with E-state index in [1.165, 1.54) is 5.56 Å². The van der Waals surface area contributed by atoms with Gasteiger partial charge in [0.15, 0.2) is 0 Å². The summed E-state index contributed by atoms with van der Waals surface area (Å²) in [6.07, 6.45) is 2.72. The number of pyridine rings is 1. The molecule has 4 rings (SSSR count). The van der Waals surface area contributed by atoms with Crippen LogP contribution >= 0.6 is 23.2 Å². The Balaban J connectivity index is 1.66. The van der Waals surface area contributed by atoms with Gasteiger partial charge in [0, 0.05) is 12.6 Å². The van der Waals surface area contributed by atoms with Gasteiger partial charge in [0.05, 0.1) is 27.5 Å². The molecule has 0 N–H and O–H groups in total. The summed E-state index contributed by atoms with van der Waals surface area (Å²) in [5, 5.41) is 5.90. The molecule has 0 aliphatic carbocycles. The van der Waals surface area contributed by atoms with E-state index in [0.29, 0.717) is 10.0 Å². The molecule has 1 aromatic heterocycles. The molecule has 0 saturated carbocycles. The van der Waals surface area contributed by atoms with Crippen LogP contribution in [0.2, 0.25) is 10.0 Å². The fourth-order valence-corrected chi connectivity index (χ4v) is 3.19. The molecular formula is C19H13Cl2N2. The predicted octanol–water partition coefficient (Wildman–Crippen LogP) is 5.59. The SMILES string of the molecule is Clc1ccc(-c2ccnc(C3Cc4ccccc4[N]3)c2)cc1Cl. The first-order chi connectivity index (χ1) is 11.2. The first-order valence-corrected chi connectivity index (χ1v) is 8.16. The Bertz CT molecular complexity index is 852. The minimum Gasteiger partial charge on any atom is -0.275 e. The van der Waals surface area contributed by atoms with Crippen LogP contribution in [0.25, 0.3) is 11.1 Å². The Labute approximate surface area is 145 Å². The highest BCUT2D eigenvalue weighted by Gasteiger charge is 2.24. The van der Waals surface area contributed by atoms with E-state index in [1.807, 2.05) is 36.5 Å². The second-order valence-electron chi connectivity index (χ2n) is 5.58. The number of para-hydroxylation sites is 1. The quantitative estimate of drug-likeness (QED) is 0.597. The fraction of sp³-hybridized carbons (Fsp3) is 0.105. The van der Waals surface area contributed by atoms with Crippen LogP contribution < -0.4 is 5.32 Å². The second-order valence-corrected chi connectivity index (χ2v) is 6.39. The van der Waals surface area contributed by atoms with Gasteiger partial charge in [0.1, 0.15) is 0 Å². The van der Waals surface area contributed by atoms with Crippen molar-refractivity contribution in [2.24, 2.45) is 0 Å². The van der Waals surface area contributed by atoms with Gasteiger partial charge in [-0.1, -0.05) is 47.5 Å². The highest BCUT2D eigenvalue weighted by molar-refractivity contribution is 6.42. The van der Waals surface area contributed by atoms with Crippen LogP contribution in [0.4, 0.5) is 5.69 Å². The van der Waals surface area contributed by atoms with E-state index in [2.05, 4.69) is 29.2 Å². The van der Waals surface area contributed by atoms with Crippen LogP contribution in [0.5, 0.6) is 0 Å². The molecule has 2 aromatic carbocycles.